The first-order chi connectivity index (χ1) is 9.88. The number of rotatable bonds is 3. The molecular formula is C15H13BrClIN2O. The Hall–Kier alpha value is -0.790. The van der Waals surface area contributed by atoms with Crippen molar-refractivity contribution < 1.29 is 4.79 Å². The Morgan fingerprint density at radius 2 is 1.95 bits per heavy atom. The topological polar surface area (TPSA) is 32.3 Å². The number of benzene rings is 2. The molecule has 0 atom stereocenters. The molecule has 0 aliphatic rings. The first-order valence-electron chi connectivity index (χ1n) is 6.12. The normalized spacial score (nSPS) is 10.3. The van der Waals surface area contributed by atoms with Crippen molar-refractivity contribution in [1.82, 2.24) is 0 Å². The molecule has 0 bridgehead atoms. The van der Waals surface area contributed by atoms with E-state index in [-0.39, 0.29) is 5.91 Å². The van der Waals surface area contributed by atoms with Gasteiger partial charge in [0.2, 0.25) is 0 Å². The molecule has 0 fully saturated rings. The first kappa shape index (κ1) is 16.6. The van der Waals surface area contributed by atoms with Crippen molar-refractivity contribution >= 4 is 67.4 Å². The Balaban J connectivity index is 2.35. The third kappa shape index (κ3) is 4.11. The summed E-state index contributed by atoms with van der Waals surface area (Å²) in [5.41, 5.74) is 2.17. The van der Waals surface area contributed by atoms with E-state index in [0.717, 1.165) is 13.7 Å². The van der Waals surface area contributed by atoms with Gasteiger partial charge >= 0.3 is 0 Å². The van der Waals surface area contributed by atoms with Crippen LogP contribution in [-0.4, -0.2) is 20.0 Å². The molecule has 2 aromatic rings. The van der Waals surface area contributed by atoms with Gasteiger partial charge in [0.05, 0.1) is 16.9 Å². The van der Waals surface area contributed by atoms with Crippen LogP contribution in [-0.2, 0) is 0 Å². The lowest BCUT2D eigenvalue weighted by Gasteiger charge is -2.18. The van der Waals surface area contributed by atoms with Gasteiger partial charge in [0.25, 0.3) is 5.91 Å². The zero-order valence-electron chi connectivity index (χ0n) is 11.5. The molecule has 3 nitrogen and oxygen atoms in total. The maximum absolute atomic E-state index is 12.5. The molecule has 6 heteroatoms. The number of nitrogens with one attached hydrogen (secondary N) is 1. The molecule has 0 radical (unpaired) electrons. The molecule has 0 saturated carbocycles. The van der Waals surface area contributed by atoms with Crippen molar-refractivity contribution in [1.29, 1.82) is 0 Å². The molecule has 0 aliphatic heterocycles. The number of carbonyl (C=O) groups excluding carboxylic acids is 1. The minimum absolute atomic E-state index is 0.175. The van der Waals surface area contributed by atoms with Gasteiger partial charge in [-0.3, -0.25) is 4.79 Å². The molecule has 1 N–H and O–H groups in total. The summed E-state index contributed by atoms with van der Waals surface area (Å²) in [6.45, 7) is 0. The Morgan fingerprint density at radius 3 is 2.62 bits per heavy atom. The maximum atomic E-state index is 12.5. The van der Waals surface area contributed by atoms with Crippen LogP contribution in [0.3, 0.4) is 0 Å². The third-order valence-electron chi connectivity index (χ3n) is 2.86. The number of anilines is 2. The van der Waals surface area contributed by atoms with Gasteiger partial charge in [-0.1, -0.05) is 11.6 Å². The van der Waals surface area contributed by atoms with Crippen molar-refractivity contribution in [2.45, 2.75) is 0 Å². The number of nitrogens with zero attached hydrogens (tertiary/aromatic N) is 1. The van der Waals surface area contributed by atoms with Crippen LogP contribution in [0.1, 0.15) is 10.4 Å². The predicted molar refractivity (Wildman–Crippen MR) is 101 cm³/mol. The first-order valence-corrected chi connectivity index (χ1v) is 8.36. The van der Waals surface area contributed by atoms with Crippen molar-refractivity contribution in [3.8, 4) is 0 Å². The molecule has 0 heterocycles. The average Bonchev–Trinajstić information content (AvgIpc) is 2.41. The summed E-state index contributed by atoms with van der Waals surface area (Å²) in [5, 5.41) is 3.50. The lowest BCUT2D eigenvalue weighted by atomic mass is 10.2. The Kier molecular flexibility index (Phi) is 5.51. The lowest BCUT2D eigenvalue weighted by Crippen LogP contribution is -2.17. The molecule has 110 valence electrons. The summed E-state index contributed by atoms with van der Waals surface area (Å²) in [6, 6.07) is 11.1. The molecule has 0 aromatic heterocycles. The van der Waals surface area contributed by atoms with E-state index in [4.69, 9.17) is 11.6 Å². The highest BCUT2D eigenvalue weighted by Crippen LogP contribution is 2.29. The van der Waals surface area contributed by atoms with Crippen molar-refractivity contribution in [2.24, 2.45) is 0 Å². The largest absolute Gasteiger partial charge is 0.376 e. The summed E-state index contributed by atoms with van der Waals surface area (Å²) < 4.78 is 1.76. The quantitative estimate of drug-likeness (QED) is 0.627. The minimum Gasteiger partial charge on any atom is -0.376 e. The van der Waals surface area contributed by atoms with E-state index in [1.54, 1.807) is 12.1 Å². The van der Waals surface area contributed by atoms with E-state index < -0.39 is 0 Å². The number of hydrogen-bond donors (Lipinski definition) is 1. The zero-order chi connectivity index (χ0) is 15.6. The van der Waals surface area contributed by atoms with Gasteiger partial charge < -0.3 is 10.2 Å². The Labute approximate surface area is 150 Å². The maximum Gasteiger partial charge on any atom is 0.256 e. The SMILES string of the molecule is CN(C)c1ccc(Cl)cc1NC(=O)c1cc(I)ccc1Br. The van der Waals surface area contributed by atoms with Gasteiger partial charge in [0.1, 0.15) is 0 Å². The highest BCUT2D eigenvalue weighted by molar-refractivity contribution is 14.1. The van der Waals surface area contributed by atoms with Gasteiger partial charge in [-0.25, -0.2) is 0 Å². The minimum atomic E-state index is -0.175. The van der Waals surface area contributed by atoms with Crippen molar-refractivity contribution in [3.63, 3.8) is 0 Å². The number of halogens is 3. The van der Waals surface area contributed by atoms with Crippen LogP contribution in [0.5, 0.6) is 0 Å². The second-order valence-corrected chi connectivity index (χ2v) is 7.17. The molecule has 2 rings (SSSR count). The highest BCUT2D eigenvalue weighted by Gasteiger charge is 2.14. The fourth-order valence-electron chi connectivity index (χ4n) is 1.86. The molecule has 0 spiro atoms. The average molecular weight is 480 g/mol. The van der Waals surface area contributed by atoms with Gasteiger partial charge in [-0.2, -0.15) is 0 Å². The Morgan fingerprint density at radius 1 is 1.24 bits per heavy atom. The number of hydrogen-bond acceptors (Lipinski definition) is 2. The van der Waals surface area contributed by atoms with Gasteiger partial charge in [-0.05, 0) is 74.9 Å². The molecule has 2 aromatic carbocycles. The summed E-state index contributed by atoms with van der Waals surface area (Å²) in [6.07, 6.45) is 0. The standard InChI is InChI=1S/C15H13BrClIN2O/c1-20(2)14-6-3-9(17)7-13(14)19-15(21)11-8-10(18)4-5-12(11)16/h3-8H,1-2H3,(H,19,21). The van der Waals surface area contributed by atoms with E-state index in [1.165, 1.54) is 0 Å². The van der Waals surface area contributed by atoms with Crippen molar-refractivity contribution in [2.75, 3.05) is 24.3 Å². The van der Waals surface area contributed by atoms with Crippen LogP contribution in [0, 0.1) is 3.57 Å². The van der Waals surface area contributed by atoms with Crippen LogP contribution in [0.4, 0.5) is 11.4 Å². The third-order valence-corrected chi connectivity index (χ3v) is 4.46. The highest BCUT2D eigenvalue weighted by atomic mass is 127. The molecule has 21 heavy (non-hydrogen) atoms. The summed E-state index contributed by atoms with van der Waals surface area (Å²) in [7, 11) is 3.83. The fourth-order valence-corrected chi connectivity index (χ4v) is 2.95. The van der Waals surface area contributed by atoms with Crippen LogP contribution in [0.2, 0.25) is 5.02 Å². The monoisotopic (exact) mass is 478 g/mol. The fraction of sp³-hybridized carbons (Fsp3) is 0.133. The second kappa shape index (κ2) is 6.98. The molecule has 0 aliphatic carbocycles. The second-order valence-electron chi connectivity index (χ2n) is 4.63. The summed E-state index contributed by atoms with van der Waals surface area (Å²) >= 11 is 11.6. The predicted octanol–water partition coefficient (Wildman–Crippen LogP) is 5.03. The van der Waals surface area contributed by atoms with Crippen LogP contribution < -0.4 is 10.2 Å². The van der Waals surface area contributed by atoms with E-state index in [0.29, 0.717) is 16.3 Å². The van der Waals surface area contributed by atoms with E-state index in [9.17, 15) is 4.79 Å². The van der Waals surface area contributed by atoms with Crippen LogP contribution in [0.25, 0.3) is 0 Å². The Bertz CT molecular complexity index is 691. The molecule has 0 unspecified atom stereocenters. The summed E-state index contributed by atoms with van der Waals surface area (Å²) in [4.78, 5) is 14.4. The van der Waals surface area contributed by atoms with Gasteiger partial charge in [-0.15, -0.1) is 0 Å². The van der Waals surface area contributed by atoms with Crippen molar-refractivity contribution in [3.05, 3.63) is 55.0 Å². The van der Waals surface area contributed by atoms with E-state index in [2.05, 4.69) is 43.8 Å². The lowest BCUT2D eigenvalue weighted by molar-refractivity contribution is 0.102. The van der Waals surface area contributed by atoms with E-state index >= 15 is 0 Å². The molecule has 1 amide bonds. The zero-order valence-corrected chi connectivity index (χ0v) is 16.0. The van der Waals surface area contributed by atoms with Gasteiger partial charge in [0, 0.05) is 27.2 Å². The van der Waals surface area contributed by atoms with E-state index in [1.807, 2.05) is 43.3 Å². The number of amides is 1. The van der Waals surface area contributed by atoms with Crippen LogP contribution >= 0.6 is 50.1 Å². The molecule has 0 saturated heterocycles. The smallest absolute Gasteiger partial charge is 0.256 e. The molecular weight excluding hydrogens is 466 g/mol. The number of carbonyl (C=O) groups is 1. The van der Waals surface area contributed by atoms with Gasteiger partial charge in [0.15, 0.2) is 0 Å². The summed E-state index contributed by atoms with van der Waals surface area (Å²) in [5.74, 6) is -0.175. The van der Waals surface area contributed by atoms with Crippen LogP contribution in [0.15, 0.2) is 40.9 Å².